The minimum Gasteiger partial charge on any atom is -0.356 e. The number of likely N-dealkylation sites (tertiary alicyclic amines) is 1. The molecule has 0 saturated carbocycles. The molecule has 2 aromatic rings. The molecule has 0 spiro atoms. The molecule has 32 heavy (non-hydrogen) atoms. The number of para-hydroxylation sites is 1. The monoisotopic (exact) mass is 453 g/mol. The minimum atomic E-state index is 0.0215. The molecule has 1 unspecified atom stereocenters. The molecule has 1 saturated heterocycles. The maximum absolute atomic E-state index is 13.0. The van der Waals surface area contributed by atoms with Crippen LogP contribution in [0.2, 0.25) is 0 Å². The van der Waals surface area contributed by atoms with Crippen molar-refractivity contribution >= 4 is 30.1 Å². The highest BCUT2D eigenvalue weighted by Crippen LogP contribution is 2.28. The predicted molar refractivity (Wildman–Crippen MR) is 134 cm³/mol. The van der Waals surface area contributed by atoms with Crippen molar-refractivity contribution in [1.82, 2.24) is 10.2 Å². The van der Waals surface area contributed by atoms with Crippen molar-refractivity contribution in [2.75, 3.05) is 36.8 Å². The Morgan fingerprint density at radius 3 is 2.44 bits per heavy atom. The van der Waals surface area contributed by atoms with Crippen LogP contribution in [0.4, 0.5) is 5.69 Å². The second-order valence-corrected chi connectivity index (χ2v) is 8.83. The molecular formula is C26H35N3O2S. The summed E-state index contributed by atoms with van der Waals surface area (Å²) in [5, 5.41) is 3.09. The van der Waals surface area contributed by atoms with Gasteiger partial charge in [-0.2, -0.15) is 12.6 Å². The van der Waals surface area contributed by atoms with E-state index in [1.807, 2.05) is 48.2 Å². The molecule has 0 radical (unpaired) electrons. The van der Waals surface area contributed by atoms with Crippen LogP contribution in [0.3, 0.4) is 0 Å². The van der Waals surface area contributed by atoms with Crippen LogP contribution < -0.4 is 10.2 Å². The number of amides is 2. The quantitative estimate of drug-likeness (QED) is 0.538. The highest BCUT2D eigenvalue weighted by Gasteiger charge is 2.36. The lowest BCUT2D eigenvalue weighted by atomic mass is 9.89. The topological polar surface area (TPSA) is 52.7 Å². The first-order valence-corrected chi connectivity index (χ1v) is 12.3. The van der Waals surface area contributed by atoms with Crippen molar-refractivity contribution in [2.24, 2.45) is 5.92 Å². The van der Waals surface area contributed by atoms with E-state index in [9.17, 15) is 9.59 Å². The highest BCUT2D eigenvalue weighted by molar-refractivity contribution is 7.80. The second kappa shape index (κ2) is 12.7. The lowest BCUT2D eigenvalue weighted by molar-refractivity contribution is -0.120. The van der Waals surface area contributed by atoms with Gasteiger partial charge in [0.05, 0.1) is 0 Å². The zero-order valence-electron chi connectivity index (χ0n) is 19.0. The van der Waals surface area contributed by atoms with E-state index < -0.39 is 0 Å². The number of hydrogen-bond acceptors (Lipinski definition) is 4. The van der Waals surface area contributed by atoms with E-state index in [2.05, 4.69) is 47.1 Å². The van der Waals surface area contributed by atoms with Gasteiger partial charge >= 0.3 is 0 Å². The van der Waals surface area contributed by atoms with Crippen LogP contribution in [0.25, 0.3) is 0 Å². The average molecular weight is 454 g/mol. The van der Waals surface area contributed by atoms with Gasteiger partial charge in [-0.15, -0.1) is 0 Å². The summed E-state index contributed by atoms with van der Waals surface area (Å²) in [6.07, 6.45) is 2.76. The number of nitrogens with zero attached hydrogens (tertiary/aromatic N) is 2. The third-order valence-corrected chi connectivity index (χ3v) is 6.40. The standard InChI is InChI=1S/C26H35N3O2S/c1-2-26(31)29(23-11-7-4-8-12-23)24-14-17-28(16-13-21-9-5-3-6-10-21)20-22(24)19-27-25(30)15-18-32/h3-12,22,24,32H,2,13-20H2,1H3,(H,27,30)/t22-,24?/m1/s1. The highest BCUT2D eigenvalue weighted by atomic mass is 32.1. The number of carbonyl (C=O) groups is 2. The van der Waals surface area contributed by atoms with Gasteiger partial charge in [0.1, 0.15) is 0 Å². The van der Waals surface area contributed by atoms with Gasteiger partial charge in [0.2, 0.25) is 11.8 Å². The van der Waals surface area contributed by atoms with E-state index in [0.717, 1.165) is 38.2 Å². The van der Waals surface area contributed by atoms with Crippen LogP contribution in [0.15, 0.2) is 60.7 Å². The number of nitrogens with one attached hydrogen (secondary N) is 1. The number of thiol groups is 1. The summed E-state index contributed by atoms with van der Waals surface area (Å²) in [5.74, 6) is 0.853. The first-order valence-electron chi connectivity index (χ1n) is 11.6. The molecular weight excluding hydrogens is 418 g/mol. The average Bonchev–Trinajstić information content (AvgIpc) is 2.84. The van der Waals surface area contributed by atoms with Gasteiger partial charge in [-0.05, 0) is 36.3 Å². The van der Waals surface area contributed by atoms with Gasteiger partial charge in [-0.1, -0.05) is 55.5 Å². The number of hydrogen-bond donors (Lipinski definition) is 2. The predicted octanol–water partition coefficient (Wildman–Crippen LogP) is 3.80. The van der Waals surface area contributed by atoms with Crippen molar-refractivity contribution < 1.29 is 9.59 Å². The van der Waals surface area contributed by atoms with Gasteiger partial charge < -0.3 is 15.1 Å². The Kier molecular flexibility index (Phi) is 9.62. The van der Waals surface area contributed by atoms with Crippen molar-refractivity contribution in [3.05, 3.63) is 66.2 Å². The Hall–Kier alpha value is -2.31. The molecule has 1 fully saturated rings. The van der Waals surface area contributed by atoms with Gasteiger partial charge in [-0.25, -0.2) is 0 Å². The fourth-order valence-corrected chi connectivity index (χ4v) is 4.69. The zero-order chi connectivity index (χ0) is 22.8. The normalized spacial score (nSPS) is 18.8. The number of carbonyl (C=O) groups excluding carboxylic acids is 2. The first-order chi connectivity index (χ1) is 15.6. The number of rotatable bonds is 10. The Balaban J connectivity index is 1.75. The van der Waals surface area contributed by atoms with Crippen molar-refractivity contribution in [1.29, 1.82) is 0 Å². The molecule has 6 heteroatoms. The maximum atomic E-state index is 13.0. The summed E-state index contributed by atoms with van der Waals surface area (Å²) in [5.41, 5.74) is 2.27. The fraction of sp³-hybridized carbons (Fsp3) is 0.462. The fourth-order valence-electron chi connectivity index (χ4n) is 4.48. The smallest absolute Gasteiger partial charge is 0.226 e. The molecule has 1 N–H and O–H groups in total. The summed E-state index contributed by atoms with van der Waals surface area (Å²) in [4.78, 5) is 29.6. The summed E-state index contributed by atoms with van der Waals surface area (Å²) in [7, 11) is 0. The SMILES string of the molecule is CCC(=O)N(c1ccccc1)C1CCN(CCc2ccccc2)C[C@H]1CNC(=O)CCS. The molecule has 0 aliphatic carbocycles. The van der Waals surface area contributed by atoms with E-state index >= 15 is 0 Å². The third kappa shape index (κ3) is 6.84. The van der Waals surface area contributed by atoms with E-state index in [1.54, 1.807) is 0 Å². The Morgan fingerprint density at radius 1 is 1.09 bits per heavy atom. The first kappa shape index (κ1) is 24.3. The van der Waals surface area contributed by atoms with Crippen molar-refractivity contribution in [3.8, 4) is 0 Å². The van der Waals surface area contributed by atoms with Crippen LogP contribution in [0, 0.1) is 5.92 Å². The van der Waals surface area contributed by atoms with E-state index in [-0.39, 0.29) is 23.8 Å². The molecule has 5 nitrogen and oxygen atoms in total. The maximum Gasteiger partial charge on any atom is 0.226 e. The van der Waals surface area contributed by atoms with Crippen LogP contribution >= 0.6 is 12.6 Å². The molecule has 2 aromatic carbocycles. The van der Waals surface area contributed by atoms with Crippen molar-refractivity contribution in [3.63, 3.8) is 0 Å². The van der Waals surface area contributed by atoms with Crippen LogP contribution in [0.5, 0.6) is 0 Å². The summed E-state index contributed by atoms with van der Waals surface area (Å²) in [6.45, 7) is 5.26. The van der Waals surface area contributed by atoms with Gasteiger partial charge in [0.15, 0.2) is 0 Å². The third-order valence-electron chi connectivity index (χ3n) is 6.17. The van der Waals surface area contributed by atoms with Crippen molar-refractivity contribution in [2.45, 2.75) is 38.6 Å². The molecule has 1 heterocycles. The molecule has 2 atom stereocenters. The summed E-state index contributed by atoms with van der Waals surface area (Å²) >= 11 is 4.17. The Morgan fingerprint density at radius 2 is 1.78 bits per heavy atom. The minimum absolute atomic E-state index is 0.0215. The summed E-state index contributed by atoms with van der Waals surface area (Å²) < 4.78 is 0. The van der Waals surface area contributed by atoms with Gasteiger partial charge in [-0.3, -0.25) is 9.59 Å². The molecule has 3 rings (SSSR count). The molecule has 0 aromatic heterocycles. The largest absolute Gasteiger partial charge is 0.356 e. The number of piperidine rings is 1. The molecule has 1 aliphatic rings. The van der Waals surface area contributed by atoms with Gasteiger partial charge in [0, 0.05) is 56.7 Å². The lowest BCUT2D eigenvalue weighted by Crippen LogP contribution is -2.56. The molecule has 1 aliphatic heterocycles. The van der Waals surface area contributed by atoms with Crippen LogP contribution in [-0.2, 0) is 16.0 Å². The Labute approximate surface area is 197 Å². The van der Waals surface area contributed by atoms with E-state index in [0.29, 0.717) is 25.1 Å². The molecule has 2 amide bonds. The second-order valence-electron chi connectivity index (χ2n) is 8.38. The van der Waals surface area contributed by atoms with Crippen LogP contribution in [0.1, 0.15) is 31.7 Å². The molecule has 172 valence electrons. The Bertz CT molecular complexity index is 847. The summed E-state index contributed by atoms with van der Waals surface area (Å²) in [6, 6.07) is 20.5. The van der Waals surface area contributed by atoms with Crippen LogP contribution in [-0.4, -0.2) is 54.7 Å². The zero-order valence-corrected chi connectivity index (χ0v) is 19.8. The lowest BCUT2D eigenvalue weighted by Gasteiger charge is -2.44. The van der Waals surface area contributed by atoms with E-state index in [1.165, 1.54) is 5.56 Å². The number of anilines is 1. The van der Waals surface area contributed by atoms with E-state index in [4.69, 9.17) is 0 Å². The molecule has 0 bridgehead atoms. The number of benzene rings is 2. The van der Waals surface area contributed by atoms with Gasteiger partial charge in [0.25, 0.3) is 0 Å².